The second-order valence-corrected chi connectivity index (χ2v) is 4.80. The number of rotatable bonds is 6. The molecule has 1 aromatic heterocycles. The normalized spacial score (nSPS) is 24.3. The average Bonchev–Trinajstić information content (AvgIpc) is 2.86. The van der Waals surface area contributed by atoms with Gasteiger partial charge in [-0.1, -0.05) is 19.0 Å². The van der Waals surface area contributed by atoms with E-state index < -0.39 is 0 Å². The van der Waals surface area contributed by atoms with E-state index in [9.17, 15) is 0 Å². The molecule has 1 aromatic rings. The fraction of sp³-hybridized carbons (Fsp3) is 0.846. The van der Waals surface area contributed by atoms with Gasteiger partial charge >= 0.3 is 0 Å². The van der Waals surface area contributed by atoms with Crippen molar-refractivity contribution in [3.05, 3.63) is 11.7 Å². The largest absolute Gasteiger partial charge is 0.368 e. The third kappa shape index (κ3) is 3.78. The molecule has 0 unspecified atom stereocenters. The van der Waals surface area contributed by atoms with Gasteiger partial charge in [-0.05, 0) is 32.2 Å². The molecule has 0 saturated heterocycles. The molecule has 0 radical (unpaired) electrons. The molecule has 5 nitrogen and oxygen atoms in total. The van der Waals surface area contributed by atoms with Crippen molar-refractivity contribution < 1.29 is 9.26 Å². The van der Waals surface area contributed by atoms with Crippen LogP contribution in [-0.4, -0.2) is 28.8 Å². The van der Waals surface area contributed by atoms with Gasteiger partial charge in [0, 0.05) is 12.5 Å². The number of aromatic nitrogens is 2. The fourth-order valence-electron chi connectivity index (χ4n) is 2.40. The Morgan fingerprint density at radius 2 is 2.06 bits per heavy atom. The van der Waals surface area contributed by atoms with Crippen molar-refractivity contribution in [2.45, 2.75) is 64.7 Å². The second kappa shape index (κ2) is 6.85. The summed E-state index contributed by atoms with van der Waals surface area (Å²) in [5, 5.41) is 7.35. The van der Waals surface area contributed by atoms with Gasteiger partial charge in [0.2, 0.25) is 0 Å². The van der Waals surface area contributed by atoms with E-state index in [2.05, 4.69) is 22.4 Å². The van der Waals surface area contributed by atoms with Crippen molar-refractivity contribution in [3.63, 3.8) is 0 Å². The summed E-state index contributed by atoms with van der Waals surface area (Å²) in [6.45, 7) is 5.67. The molecule has 0 aromatic carbocycles. The molecule has 0 bridgehead atoms. The van der Waals surface area contributed by atoms with Crippen LogP contribution in [0.1, 0.15) is 51.2 Å². The van der Waals surface area contributed by atoms with Crippen LogP contribution in [0.25, 0.3) is 0 Å². The SMILES string of the molecule is CCNC1CCC(OCc2nc(CC)no2)CC1. The van der Waals surface area contributed by atoms with Gasteiger partial charge in [0.1, 0.15) is 6.61 Å². The molecule has 0 aliphatic heterocycles. The Bertz CT molecular complexity index is 346. The maximum Gasteiger partial charge on any atom is 0.252 e. The zero-order chi connectivity index (χ0) is 12.8. The molecular formula is C13H23N3O2. The summed E-state index contributed by atoms with van der Waals surface area (Å²) in [4.78, 5) is 4.24. The van der Waals surface area contributed by atoms with Gasteiger partial charge in [0.15, 0.2) is 5.82 Å². The summed E-state index contributed by atoms with van der Waals surface area (Å²) >= 11 is 0. The lowest BCUT2D eigenvalue weighted by Gasteiger charge is -2.28. The maximum atomic E-state index is 5.83. The summed E-state index contributed by atoms with van der Waals surface area (Å²) in [7, 11) is 0. The van der Waals surface area contributed by atoms with E-state index in [0.29, 0.717) is 24.6 Å². The van der Waals surface area contributed by atoms with Crippen LogP contribution in [0, 0.1) is 0 Å². The third-order valence-corrected chi connectivity index (χ3v) is 3.44. The summed E-state index contributed by atoms with van der Waals surface area (Å²) in [5.41, 5.74) is 0. The lowest BCUT2D eigenvalue weighted by atomic mass is 9.93. The second-order valence-electron chi connectivity index (χ2n) is 4.80. The minimum atomic E-state index is 0.344. The minimum Gasteiger partial charge on any atom is -0.368 e. The first-order valence-corrected chi connectivity index (χ1v) is 6.98. The standard InChI is InChI=1S/C13H23N3O2/c1-3-12-15-13(18-16-12)9-17-11-7-5-10(6-8-11)14-4-2/h10-11,14H,3-9H2,1-2H3. The van der Waals surface area contributed by atoms with Crippen LogP contribution in [0.2, 0.25) is 0 Å². The average molecular weight is 253 g/mol. The van der Waals surface area contributed by atoms with Crippen LogP contribution >= 0.6 is 0 Å². The Kier molecular flexibility index (Phi) is 5.13. The summed E-state index contributed by atoms with van der Waals surface area (Å²) in [5.74, 6) is 1.35. The highest BCUT2D eigenvalue weighted by molar-refractivity contribution is 4.84. The van der Waals surface area contributed by atoms with Gasteiger partial charge in [-0.3, -0.25) is 0 Å². The number of aryl methyl sites for hydroxylation is 1. The van der Waals surface area contributed by atoms with Gasteiger partial charge in [0.05, 0.1) is 6.10 Å². The van der Waals surface area contributed by atoms with Crippen LogP contribution in [0.5, 0.6) is 0 Å². The minimum absolute atomic E-state index is 0.344. The van der Waals surface area contributed by atoms with Gasteiger partial charge in [-0.2, -0.15) is 4.98 Å². The van der Waals surface area contributed by atoms with E-state index in [1.165, 1.54) is 12.8 Å². The van der Waals surface area contributed by atoms with Gasteiger partial charge in [-0.15, -0.1) is 0 Å². The highest BCUT2D eigenvalue weighted by atomic mass is 16.5. The van der Waals surface area contributed by atoms with Crippen LogP contribution in [0.4, 0.5) is 0 Å². The molecule has 102 valence electrons. The van der Waals surface area contributed by atoms with Crippen molar-refractivity contribution in [1.29, 1.82) is 0 Å². The first kappa shape index (κ1) is 13.5. The van der Waals surface area contributed by atoms with Crippen molar-refractivity contribution in [3.8, 4) is 0 Å². The zero-order valence-corrected chi connectivity index (χ0v) is 11.3. The molecule has 1 saturated carbocycles. The number of hydrogen-bond donors (Lipinski definition) is 1. The molecule has 5 heteroatoms. The smallest absolute Gasteiger partial charge is 0.252 e. The predicted octanol–water partition coefficient (Wildman–Crippen LogP) is 2.07. The molecule has 1 fully saturated rings. The van der Waals surface area contributed by atoms with Crippen LogP contribution in [0.3, 0.4) is 0 Å². The molecule has 1 heterocycles. The fourth-order valence-corrected chi connectivity index (χ4v) is 2.40. The Hall–Kier alpha value is -0.940. The summed E-state index contributed by atoms with van der Waals surface area (Å²) in [6, 6.07) is 0.671. The molecule has 0 spiro atoms. The zero-order valence-electron chi connectivity index (χ0n) is 11.3. The first-order chi connectivity index (χ1) is 8.81. The number of hydrogen-bond acceptors (Lipinski definition) is 5. The Balaban J connectivity index is 1.68. The van der Waals surface area contributed by atoms with Crippen molar-refractivity contribution in [2.75, 3.05) is 6.54 Å². The first-order valence-electron chi connectivity index (χ1n) is 6.98. The van der Waals surface area contributed by atoms with E-state index in [-0.39, 0.29) is 0 Å². The van der Waals surface area contributed by atoms with E-state index in [0.717, 1.165) is 31.6 Å². The Morgan fingerprint density at radius 3 is 2.67 bits per heavy atom. The lowest BCUT2D eigenvalue weighted by Crippen LogP contribution is -2.35. The quantitative estimate of drug-likeness (QED) is 0.841. The van der Waals surface area contributed by atoms with Gasteiger partial charge in [0.25, 0.3) is 5.89 Å². The molecule has 0 amide bonds. The molecule has 1 aliphatic carbocycles. The van der Waals surface area contributed by atoms with E-state index in [4.69, 9.17) is 9.26 Å². The maximum absolute atomic E-state index is 5.83. The van der Waals surface area contributed by atoms with Gasteiger partial charge in [-0.25, -0.2) is 0 Å². The Morgan fingerprint density at radius 1 is 1.28 bits per heavy atom. The van der Waals surface area contributed by atoms with E-state index in [1.807, 2.05) is 6.92 Å². The highest BCUT2D eigenvalue weighted by Crippen LogP contribution is 2.22. The number of ether oxygens (including phenoxy) is 1. The lowest BCUT2D eigenvalue weighted by molar-refractivity contribution is -0.000129. The monoisotopic (exact) mass is 253 g/mol. The highest BCUT2D eigenvalue weighted by Gasteiger charge is 2.21. The van der Waals surface area contributed by atoms with Crippen molar-refractivity contribution in [1.82, 2.24) is 15.5 Å². The topological polar surface area (TPSA) is 60.2 Å². The van der Waals surface area contributed by atoms with Crippen molar-refractivity contribution in [2.24, 2.45) is 0 Å². The molecule has 1 aliphatic rings. The number of nitrogens with one attached hydrogen (secondary N) is 1. The predicted molar refractivity (Wildman–Crippen MR) is 68.2 cm³/mol. The molecule has 18 heavy (non-hydrogen) atoms. The van der Waals surface area contributed by atoms with Gasteiger partial charge < -0.3 is 14.6 Å². The molecule has 0 atom stereocenters. The molecule has 1 N–H and O–H groups in total. The van der Waals surface area contributed by atoms with Crippen LogP contribution in [0.15, 0.2) is 4.52 Å². The van der Waals surface area contributed by atoms with Crippen LogP contribution in [-0.2, 0) is 17.8 Å². The number of nitrogens with zero attached hydrogens (tertiary/aromatic N) is 2. The summed E-state index contributed by atoms with van der Waals surface area (Å²) < 4.78 is 10.9. The van der Waals surface area contributed by atoms with E-state index in [1.54, 1.807) is 0 Å². The Labute approximate surface area is 108 Å². The molecular weight excluding hydrogens is 230 g/mol. The molecule has 2 rings (SSSR count). The van der Waals surface area contributed by atoms with E-state index >= 15 is 0 Å². The van der Waals surface area contributed by atoms with Crippen molar-refractivity contribution >= 4 is 0 Å². The van der Waals surface area contributed by atoms with Crippen LogP contribution < -0.4 is 5.32 Å². The summed E-state index contributed by atoms with van der Waals surface area (Å²) in [6.07, 6.45) is 5.78. The third-order valence-electron chi connectivity index (χ3n) is 3.44.